The molecule has 3 N–H and O–H groups in total. The minimum Gasteiger partial charge on any atom is -0.477 e. The molecule has 2 aliphatic rings. The molecule has 0 unspecified atom stereocenters. The number of carbonyl (C=O) groups is 2. The van der Waals surface area contributed by atoms with Crippen LogP contribution >= 0.6 is 15.9 Å². The molecule has 2 atom stereocenters. The Kier molecular flexibility index (Phi) is 2.11. The lowest BCUT2D eigenvalue weighted by atomic mass is 9.87. The Balaban J connectivity index is 2.37. The Bertz CT molecular complexity index is 352. The first-order valence-corrected chi connectivity index (χ1v) is 5.04. The normalized spacial score (nSPS) is 31.3. The standard InChI is InChI=1S/C8H9BrN2O3/c9-3-1-2-4-5(10)7(12)11(4)6(3)8(13)14/h4-5H,1-2,10H2,(H,13,14)/t4-,5+/m1/s1. The average molecular weight is 261 g/mol. The Morgan fingerprint density at radius 1 is 1.64 bits per heavy atom. The Hall–Kier alpha value is -0.880. The van der Waals surface area contributed by atoms with E-state index in [-0.39, 0.29) is 17.6 Å². The lowest BCUT2D eigenvalue weighted by molar-refractivity contribution is -0.152. The molecule has 0 aromatic rings. The largest absolute Gasteiger partial charge is 0.477 e. The molecule has 5 nitrogen and oxygen atoms in total. The van der Waals surface area contributed by atoms with Gasteiger partial charge in [0.05, 0.1) is 6.04 Å². The van der Waals surface area contributed by atoms with Crippen LogP contribution in [0, 0.1) is 0 Å². The minimum absolute atomic E-state index is 0.0490. The topological polar surface area (TPSA) is 83.6 Å². The fourth-order valence-corrected chi connectivity index (χ4v) is 2.48. The van der Waals surface area contributed by atoms with Crippen LogP contribution in [0.3, 0.4) is 0 Å². The number of nitrogens with zero attached hydrogens (tertiary/aromatic N) is 1. The molecule has 1 fully saturated rings. The van der Waals surface area contributed by atoms with E-state index >= 15 is 0 Å². The van der Waals surface area contributed by atoms with E-state index < -0.39 is 12.0 Å². The molecule has 76 valence electrons. The van der Waals surface area contributed by atoms with Gasteiger partial charge in [-0.2, -0.15) is 0 Å². The van der Waals surface area contributed by atoms with Crippen molar-refractivity contribution in [3.05, 3.63) is 10.2 Å². The quantitative estimate of drug-likeness (QED) is 0.651. The highest BCUT2D eigenvalue weighted by atomic mass is 79.9. The molecular formula is C8H9BrN2O3. The first-order valence-electron chi connectivity index (χ1n) is 4.24. The van der Waals surface area contributed by atoms with Crippen molar-refractivity contribution in [3.63, 3.8) is 0 Å². The summed E-state index contributed by atoms with van der Waals surface area (Å²) in [4.78, 5) is 23.5. The Labute approximate surface area is 88.7 Å². The van der Waals surface area contributed by atoms with Crippen molar-refractivity contribution in [2.45, 2.75) is 24.9 Å². The van der Waals surface area contributed by atoms with Crippen molar-refractivity contribution >= 4 is 27.8 Å². The van der Waals surface area contributed by atoms with Crippen LogP contribution in [-0.2, 0) is 9.59 Å². The first-order chi connectivity index (χ1) is 6.54. The molecule has 2 aliphatic heterocycles. The summed E-state index contributed by atoms with van der Waals surface area (Å²) in [5.74, 6) is -1.38. The van der Waals surface area contributed by atoms with Gasteiger partial charge in [-0.1, -0.05) is 15.9 Å². The number of carbonyl (C=O) groups excluding carboxylic acids is 1. The summed E-state index contributed by atoms with van der Waals surface area (Å²) in [6, 6.07) is -0.653. The molecule has 0 saturated carbocycles. The number of β-lactam (4-membered cyclic amide) rings is 1. The molecule has 0 aliphatic carbocycles. The lowest BCUT2D eigenvalue weighted by Crippen LogP contribution is -2.69. The number of amides is 1. The van der Waals surface area contributed by atoms with Crippen LogP contribution in [0.4, 0.5) is 0 Å². The van der Waals surface area contributed by atoms with Gasteiger partial charge in [0.25, 0.3) is 0 Å². The Morgan fingerprint density at radius 3 is 2.86 bits per heavy atom. The second-order valence-electron chi connectivity index (χ2n) is 3.40. The molecule has 2 rings (SSSR count). The van der Waals surface area contributed by atoms with E-state index in [2.05, 4.69) is 15.9 Å². The molecule has 1 saturated heterocycles. The number of fused-ring (bicyclic) bond motifs is 1. The first kappa shape index (κ1) is 9.67. The second-order valence-corrected chi connectivity index (χ2v) is 4.36. The zero-order chi connectivity index (χ0) is 10.5. The fraction of sp³-hybridized carbons (Fsp3) is 0.500. The fourth-order valence-electron chi connectivity index (χ4n) is 1.89. The summed E-state index contributed by atoms with van der Waals surface area (Å²) < 4.78 is 0.571. The third kappa shape index (κ3) is 1.10. The van der Waals surface area contributed by atoms with E-state index in [9.17, 15) is 9.59 Å². The molecule has 2 heterocycles. The van der Waals surface area contributed by atoms with Crippen molar-refractivity contribution in [3.8, 4) is 0 Å². The molecule has 1 amide bonds. The third-order valence-corrected chi connectivity index (χ3v) is 3.40. The van der Waals surface area contributed by atoms with Crippen LogP contribution in [0.1, 0.15) is 12.8 Å². The molecule has 0 radical (unpaired) electrons. The van der Waals surface area contributed by atoms with Crippen LogP contribution in [0.15, 0.2) is 10.2 Å². The molecular weight excluding hydrogens is 252 g/mol. The van der Waals surface area contributed by atoms with Crippen molar-refractivity contribution in [1.29, 1.82) is 0 Å². The van der Waals surface area contributed by atoms with Gasteiger partial charge in [0, 0.05) is 4.48 Å². The number of hydrogen-bond acceptors (Lipinski definition) is 3. The maximum Gasteiger partial charge on any atom is 0.353 e. The summed E-state index contributed by atoms with van der Waals surface area (Å²) in [7, 11) is 0. The van der Waals surface area contributed by atoms with Gasteiger partial charge < -0.3 is 10.8 Å². The number of allylic oxidation sites excluding steroid dienone is 1. The van der Waals surface area contributed by atoms with Crippen molar-refractivity contribution in [2.75, 3.05) is 0 Å². The summed E-state index contributed by atoms with van der Waals surface area (Å²) in [5.41, 5.74) is 5.61. The van der Waals surface area contributed by atoms with E-state index in [0.29, 0.717) is 10.9 Å². The monoisotopic (exact) mass is 260 g/mol. The highest BCUT2D eigenvalue weighted by Crippen LogP contribution is 2.37. The summed E-state index contributed by atoms with van der Waals surface area (Å²) in [6.45, 7) is 0. The van der Waals surface area contributed by atoms with Gasteiger partial charge in [-0.05, 0) is 12.8 Å². The van der Waals surface area contributed by atoms with Crippen LogP contribution in [0.2, 0.25) is 0 Å². The smallest absolute Gasteiger partial charge is 0.353 e. The van der Waals surface area contributed by atoms with Crippen LogP contribution in [0.5, 0.6) is 0 Å². The van der Waals surface area contributed by atoms with Crippen LogP contribution in [0.25, 0.3) is 0 Å². The number of carboxylic acids is 1. The molecule has 6 heteroatoms. The number of aliphatic carboxylic acids is 1. The molecule has 14 heavy (non-hydrogen) atoms. The lowest BCUT2D eigenvalue weighted by Gasteiger charge is -2.48. The predicted octanol–water partition coefficient (Wildman–Crippen LogP) is 0.00940. The number of nitrogens with two attached hydrogens (primary N) is 1. The number of carboxylic acid groups (broad SMARTS) is 1. The van der Waals surface area contributed by atoms with Gasteiger partial charge in [-0.15, -0.1) is 0 Å². The summed E-state index contributed by atoms with van der Waals surface area (Å²) >= 11 is 3.17. The number of rotatable bonds is 1. The third-order valence-electron chi connectivity index (χ3n) is 2.63. The van der Waals surface area contributed by atoms with Crippen molar-refractivity contribution < 1.29 is 14.7 Å². The van der Waals surface area contributed by atoms with Crippen LogP contribution < -0.4 is 5.73 Å². The summed E-state index contributed by atoms with van der Waals surface area (Å²) in [6.07, 6.45) is 1.36. The van der Waals surface area contributed by atoms with Crippen molar-refractivity contribution in [2.24, 2.45) is 5.73 Å². The molecule has 0 aromatic heterocycles. The zero-order valence-electron chi connectivity index (χ0n) is 7.24. The minimum atomic E-state index is -1.08. The summed E-state index contributed by atoms with van der Waals surface area (Å²) in [5, 5.41) is 8.91. The zero-order valence-corrected chi connectivity index (χ0v) is 8.82. The highest BCUT2D eigenvalue weighted by molar-refractivity contribution is 9.11. The van der Waals surface area contributed by atoms with E-state index in [1.807, 2.05) is 0 Å². The average Bonchev–Trinajstić information content (AvgIpc) is 2.15. The van der Waals surface area contributed by atoms with Gasteiger partial charge in [-0.25, -0.2) is 4.79 Å². The van der Waals surface area contributed by atoms with E-state index in [1.165, 1.54) is 4.90 Å². The predicted molar refractivity (Wildman–Crippen MR) is 51.4 cm³/mol. The van der Waals surface area contributed by atoms with Gasteiger partial charge in [-0.3, -0.25) is 9.69 Å². The molecule has 0 bridgehead atoms. The van der Waals surface area contributed by atoms with Gasteiger partial charge in [0.2, 0.25) is 5.91 Å². The van der Waals surface area contributed by atoms with E-state index in [4.69, 9.17) is 10.8 Å². The van der Waals surface area contributed by atoms with E-state index in [1.54, 1.807) is 0 Å². The molecule has 0 spiro atoms. The molecule has 0 aromatic carbocycles. The second kappa shape index (κ2) is 3.06. The maximum absolute atomic E-state index is 11.3. The Morgan fingerprint density at radius 2 is 2.29 bits per heavy atom. The van der Waals surface area contributed by atoms with Crippen LogP contribution in [-0.4, -0.2) is 34.0 Å². The van der Waals surface area contributed by atoms with Gasteiger partial charge >= 0.3 is 5.97 Å². The number of hydrogen-bond donors (Lipinski definition) is 2. The van der Waals surface area contributed by atoms with Gasteiger partial charge in [0.1, 0.15) is 11.7 Å². The van der Waals surface area contributed by atoms with Gasteiger partial charge in [0.15, 0.2) is 0 Å². The van der Waals surface area contributed by atoms with E-state index in [0.717, 1.165) is 6.42 Å². The number of halogens is 1. The SMILES string of the molecule is N[C@@H]1C(=O)N2C(C(=O)O)=C(Br)CC[C@H]12. The maximum atomic E-state index is 11.3. The highest BCUT2D eigenvalue weighted by Gasteiger charge is 2.50. The van der Waals surface area contributed by atoms with Crippen molar-refractivity contribution in [1.82, 2.24) is 4.90 Å².